The summed E-state index contributed by atoms with van der Waals surface area (Å²) in [5, 5.41) is 0. The van der Waals surface area contributed by atoms with Crippen molar-refractivity contribution in [1.82, 2.24) is 0 Å². The van der Waals surface area contributed by atoms with Crippen LogP contribution in [0.5, 0.6) is 0 Å². The van der Waals surface area contributed by atoms with Crippen LogP contribution in [-0.4, -0.2) is 0 Å². The van der Waals surface area contributed by atoms with E-state index in [-0.39, 0.29) is 11.6 Å². The van der Waals surface area contributed by atoms with Crippen LogP contribution < -0.4 is 0 Å². The number of benzene rings is 2. The summed E-state index contributed by atoms with van der Waals surface area (Å²) in [6, 6.07) is 11.6. The van der Waals surface area contributed by atoms with Crippen LogP contribution in [0.1, 0.15) is 69.8 Å². The van der Waals surface area contributed by atoms with Crippen LogP contribution in [-0.2, 0) is 0 Å². The van der Waals surface area contributed by atoms with Crippen LogP contribution in [0, 0.1) is 17.6 Å². The first-order valence-electron chi connectivity index (χ1n) is 9.72. The van der Waals surface area contributed by atoms with E-state index in [1.807, 2.05) is 6.07 Å². The number of hydrogen-bond donors (Lipinski definition) is 0. The van der Waals surface area contributed by atoms with Crippen LogP contribution >= 0.6 is 0 Å². The Bertz CT molecular complexity index is 667. The van der Waals surface area contributed by atoms with E-state index in [1.54, 1.807) is 18.2 Å². The summed E-state index contributed by atoms with van der Waals surface area (Å²) in [6.07, 6.45) is 10.2. The number of rotatable bonds is 6. The van der Waals surface area contributed by atoms with Crippen molar-refractivity contribution in [2.75, 3.05) is 0 Å². The lowest BCUT2D eigenvalue weighted by Crippen LogP contribution is -2.13. The Morgan fingerprint density at radius 1 is 0.880 bits per heavy atom. The first-order chi connectivity index (χ1) is 12.2. The van der Waals surface area contributed by atoms with Gasteiger partial charge in [0.15, 0.2) is 0 Å². The molecule has 2 heteroatoms. The second kappa shape index (κ2) is 8.60. The molecule has 0 aliphatic heterocycles. The zero-order valence-electron chi connectivity index (χ0n) is 15.1. The Morgan fingerprint density at radius 3 is 2.24 bits per heavy atom. The molecule has 134 valence electrons. The zero-order chi connectivity index (χ0) is 17.6. The fourth-order valence-electron chi connectivity index (χ4n) is 4.12. The molecule has 1 fully saturated rings. The average Bonchev–Trinajstić information content (AvgIpc) is 2.63. The molecule has 0 spiro atoms. The molecule has 1 saturated carbocycles. The molecular weight excluding hydrogens is 314 g/mol. The molecule has 1 aliphatic carbocycles. The van der Waals surface area contributed by atoms with E-state index in [1.165, 1.54) is 63.5 Å². The van der Waals surface area contributed by atoms with Gasteiger partial charge < -0.3 is 0 Å². The molecule has 1 aliphatic rings. The standard InChI is InChI=1S/C23H28F2/c1-2-3-4-5-17-6-8-18(9-7-17)20-12-15-22(23(25)16-20)19-10-13-21(24)14-11-19/h10-18H,2-9H2,1H3/t17-,18-. The highest BCUT2D eigenvalue weighted by molar-refractivity contribution is 5.64. The summed E-state index contributed by atoms with van der Waals surface area (Å²) in [7, 11) is 0. The first-order valence-corrected chi connectivity index (χ1v) is 9.72. The smallest absolute Gasteiger partial charge is 0.131 e. The maximum atomic E-state index is 14.6. The van der Waals surface area contributed by atoms with E-state index in [4.69, 9.17) is 0 Å². The minimum absolute atomic E-state index is 0.200. The van der Waals surface area contributed by atoms with Gasteiger partial charge in [0.2, 0.25) is 0 Å². The average molecular weight is 342 g/mol. The Morgan fingerprint density at radius 2 is 1.60 bits per heavy atom. The van der Waals surface area contributed by atoms with Gasteiger partial charge in [0.25, 0.3) is 0 Å². The van der Waals surface area contributed by atoms with Gasteiger partial charge in [-0.05, 0) is 66.8 Å². The largest absolute Gasteiger partial charge is 0.207 e. The predicted molar refractivity (Wildman–Crippen MR) is 101 cm³/mol. The minimum Gasteiger partial charge on any atom is -0.207 e. The van der Waals surface area contributed by atoms with Gasteiger partial charge in [0.05, 0.1) is 0 Å². The number of unbranched alkanes of at least 4 members (excludes halogenated alkanes) is 2. The van der Waals surface area contributed by atoms with Crippen molar-refractivity contribution < 1.29 is 8.78 Å². The summed E-state index contributed by atoms with van der Waals surface area (Å²) < 4.78 is 27.6. The first kappa shape index (κ1) is 18.1. The molecule has 25 heavy (non-hydrogen) atoms. The molecule has 0 atom stereocenters. The quantitative estimate of drug-likeness (QED) is 0.477. The van der Waals surface area contributed by atoms with Crippen LogP contribution in [0.2, 0.25) is 0 Å². The Labute approximate surface area is 150 Å². The summed E-state index contributed by atoms with van der Waals surface area (Å²) in [4.78, 5) is 0. The number of halogens is 2. The number of hydrogen-bond acceptors (Lipinski definition) is 0. The second-order valence-electron chi connectivity index (χ2n) is 7.46. The lowest BCUT2D eigenvalue weighted by atomic mass is 9.77. The SMILES string of the molecule is CCCCC[C@H]1CC[C@H](c2ccc(-c3ccc(F)cc3)c(F)c2)CC1. The van der Waals surface area contributed by atoms with E-state index < -0.39 is 0 Å². The maximum absolute atomic E-state index is 14.6. The fraction of sp³-hybridized carbons (Fsp3) is 0.478. The van der Waals surface area contributed by atoms with Gasteiger partial charge in [-0.25, -0.2) is 8.78 Å². The molecule has 0 saturated heterocycles. The Kier molecular flexibility index (Phi) is 6.23. The predicted octanol–water partition coefficient (Wildman–Crippen LogP) is 7.49. The van der Waals surface area contributed by atoms with Gasteiger partial charge in [-0.15, -0.1) is 0 Å². The van der Waals surface area contributed by atoms with Crippen molar-refractivity contribution in [3.8, 4) is 11.1 Å². The van der Waals surface area contributed by atoms with Crippen molar-refractivity contribution in [1.29, 1.82) is 0 Å². The van der Waals surface area contributed by atoms with Crippen LogP contribution in [0.3, 0.4) is 0 Å². The molecule has 0 amide bonds. The van der Waals surface area contributed by atoms with Gasteiger partial charge in [-0.2, -0.15) is 0 Å². The highest BCUT2D eigenvalue weighted by atomic mass is 19.1. The molecule has 0 bridgehead atoms. The van der Waals surface area contributed by atoms with Crippen molar-refractivity contribution in [3.05, 3.63) is 59.7 Å². The molecule has 0 nitrogen and oxygen atoms in total. The zero-order valence-corrected chi connectivity index (χ0v) is 15.1. The Hall–Kier alpha value is -1.70. The van der Waals surface area contributed by atoms with Crippen molar-refractivity contribution >= 4 is 0 Å². The lowest BCUT2D eigenvalue weighted by molar-refractivity contribution is 0.302. The highest BCUT2D eigenvalue weighted by Crippen LogP contribution is 2.38. The summed E-state index contributed by atoms with van der Waals surface area (Å²) >= 11 is 0. The van der Waals surface area contributed by atoms with Crippen molar-refractivity contribution in [3.63, 3.8) is 0 Å². The molecule has 3 rings (SSSR count). The summed E-state index contributed by atoms with van der Waals surface area (Å²) in [6.45, 7) is 2.25. The molecule has 0 unspecified atom stereocenters. The Balaban J connectivity index is 1.63. The third kappa shape index (κ3) is 4.68. The summed E-state index contributed by atoms with van der Waals surface area (Å²) in [5.41, 5.74) is 2.40. The monoisotopic (exact) mass is 342 g/mol. The summed E-state index contributed by atoms with van der Waals surface area (Å²) in [5.74, 6) is 0.857. The van der Waals surface area contributed by atoms with E-state index in [0.717, 1.165) is 17.0 Å². The van der Waals surface area contributed by atoms with Gasteiger partial charge in [-0.1, -0.05) is 56.9 Å². The van der Waals surface area contributed by atoms with Crippen LogP contribution in [0.4, 0.5) is 8.78 Å². The fourth-order valence-corrected chi connectivity index (χ4v) is 4.12. The third-order valence-corrected chi connectivity index (χ3v) is 5.68. The molecule has 0 aromatic heterocycles. The van der Waals surface area contributed by atoms with Gasteiger partial charge in [0, 0.05) is 5.56 Å². The van der Waals surface area contributed by atoms with Gasteiger partial charge in [-0.3, -0.25) is 0 Å². The lowest BCUT2D eigenvalue weighted by Gasteiger charge is -2.29. The van der Waals surface area contributed by atoms with E-state index >= 15 is 0 Å². The van der Waals surface area contributed by atoms with Gasteiger partial charge >= 0.3 is 0 Å². The van der Waals surface area contributed by atoms with E-state index in [2.05, 4.69) is 13.0 Å². The van der Waals surface area contributed by atoms with Crippen LogP contribution in [0.15, 0.2) is 42.5 Å². The molecule has 0 N–H and O–H groups in total. The molecular formula is C23H28F2. The van der Waals surface area contributed by atoms with Gasteiger partial charge in [0.1, 0.15) is 11.6 Å². The van der Waals surface area contributed by atoms with Crippen molar-refractivity contribution in [2.24, 2.45) is 5.92 Å². The van der Waals surface area contributed by atoms with Crippen LogP contribution in [0.25, 0.3) is 11.1 Å². The third-order valence-electron chi connectivity index (χ3n) is 5.68. The normalized spacial score (nSPS) is 20.6. The minimum atomic E-state index is -0.295. The van der Waals surface area contributed by atoms with Crippen molar-refractivity contribution in [2.45, 2.75) is 64.2 Å². The second-order valence-corrected chi connectivity index (χ2v) is 7.46. The molecule has 0 radical (unpaired) electrons. The van der Waals surface area contributed by atoms with E-state index in [0.29, 0.717) is 11.5 Å². The molecule has 2 aromatic carbocycles. The molecule has 2 aromatic rings. The highest BCUT2D eigenvalue weighted by Gasteiger charge is 2.22. The molecule has 0 heterocycles. The van der Waals surface area contributed by atoms with E-state index in [9.17, 15) is 8.78 Å². The maximum Gasteiger partial charge on any atom is 0.131 e. The topological polar surface area (TPSA) is 0 Å².